The molecule has 0 aliphatic carbocycles. The minimum absolute atomic E-state index is 0.0219. The number of amides is 1. The largest absolute Gasteiger partial charge is 0.360 e. The molecular weight excluding hydrogens is 276 g/mol. The average Bonchev–Trinajstić information content (AvgIpc) is 2.90. The number of hydrogen-bond acceptors (Lipinski definition) is 3. The van der Waals surface area contributed by atoms with Gasteiger partial charge in [-0.1, -0.05) is 18.2 Å². The van der Waals surface area contributed by atoms with Gasteiger partial charge in [0.2, 0.25) is 0 Å². The predicted molar refractivity (Wildman–Crippen MR) is 84.2 cm³/mol. The molecule has 1 amide bonds. The second-order valence-electron chi connectivity index (χ2n) is 4.53. The predicted octanol–water partition coefficient (Wildman–Crippen LogP) is 2.75. The monoisotopic (exact) mass is 292 g/mol. The van der Waals surface area contributed by atoms with E-state index in [2.05, 4.69) is 10.3 Å². The molecule has 1 saturated heterocycles. The van der Waals surface area contributed by atoms with Crippen LogP contribution in [0.25, 0.3) is 10.9 Å². The lowest BCUT2D eigenvalue weighted by atomic mass is 10.1. The smallest absolute Gasteiger partial charge is 0.253 e. The van der Waals surface area contributed by atoms with E-state index in [4.69, 9.17) is 0 Å². The molecule has 1 aromatic heterocycles. The van der Waals surface area contributed by atoms with Crippen molar-refractivity contribution >= 4 is 40.3 Å². The highest BCUT2D eigenvalue weighted by atomic mass is 32.2. The molecule has 0 bridgehead atoms. The summed E-state index contributed by atoms with van der Waals surface area (Å²) < 4.78 is 0. The summed E-state index contributed by atoms with van der Waals surface area (Å²) in [5.74, 6) is 3.59. The number of para-hydroxylation sites is 1. The van der Waals surface area contributed by atoms with Crippen molar-refractivity contribution in [1.29, 1.82) is 0 Å². The maximum Gasteiger partial charge on any atom is 0.253 e. The highest BCUT2D eigenvalue weighted by Crippen LogP contribution is 2.23. The molecule has 2 aromatic rings. The summed E-state index contributed by atoms with van der Waals surface area (Å²) in [6.07, 6.45) is 1.79. The second-order valence-corrected chi connectivity index (χ2v) is 7.08. The zero-order valence-electron chi connectivity index (χ0n) is 10.5. The molecule has 0 spiro atoms. The number of fused-ring (bicyclic) bond motifs is 1. The Morgan fingerprint density at radius 1 is 1.37 bits per heavy atom. The lowest BCUT2D eigenvalue weighted by Gasteiger charge is -2.20. The molecule has 100 valence electrons. The summed E-state index contributed by atoms with van der Waals surface area (Å²) in [4.78, 5) is 15.4. The molecule has 1 fully saturated rings. The standard InChI is InChI=1S/C14H16N2OS2/c17-14(16-7-10-9-18-5-6-19-10)12-8-15-13-4-2-1-3-11(12)13/h1-4,8,10,15H,5-7,9H2,(H,16,17). The van der Waals surface area contributed by atoms with Gasteiger partial charge in [-0.3, -0.25) is 4.79 Å². The molecule has 2 heterocycles. The Morgan fingerprint density at radius 3 is 3.11 bits per heavy atom. The van der Waals surface area contributed by atoms with Gasteiger partial charge in [0.05, 0.1) is 5.56 Å². The fourth-order valence-electron chi connectivity index (χ4n) is 2.22. The van der Waals surface area contributed by atoms with Crippen LogP contribution in [0.3, 0.4) is 0 Å². The van der Waals surface area contributed by atoms with Crippen LogP contribution >= 0.6 is 23.5 Å². The molecular formula is C14H16N2OS2. The molecule has 0 radical (unpaired) electrons. The van der Waals surface area contributed by atoms with Gasteiger partial charge < -0.3 is 10.3 Å². The number of thioether (sulfide) groups is 2. The summed E-state index contributed by atoms with van der Waals surface area (Å²) in [6.45, 7) is 0.760. The fraction of sp³-hybridized carbons (Fsp3) is 0.357. The first-order chi connectivity index (χ1) is 9.34. The Morgan fingerprint density at radius 2 is 2.26 bits per heavy atom. The molecule has 3 nitrogen and oxygen atoms in total. The lowest BCUT2D eigenvalue weighted by molar-refractivity contribution is 0.0956. The van der Waals surface area contributed by atoms with Crippen molar-refractivity contribution in [3.05, 3.63) is 36.0 Å². The van der Waals surface area contributed by atoms with Crippen LogP contribution in [-0.4, -0.2) is 39.9 Å². The summed E-state index contributed by atoms with van der Waals surface area (Å²) in [5.41, 5.74) is 1.75. The van der Waals surface area contributed by atoms with Crippen molar-refractivity contribution in [3.8, 4) is 0 Å². The topological polar surface area (TPSA) is 44.9 Å². The number of carbonyl (C=O) groups is 1. The Balaban J connectivity index is 1.66. The SMILES string of the molecule is O=C(NCC1CSCCS1)c1c[nH]c2ccccc12. The van der Waals surface area contributed by atoms with E-state index in [1.54, 1.807) is 6.20 Å². The van der Waals surface area contributed by atoms with E-state index in [9.17, 15) is 4.79 Å². The Hall–Kier alpha value is -1.07. The van der Waals surface area contributed by atoms with E-state index in [-0.39, 0.29) is 5.91 Å². The van der Waals surface area contributed by atoms with Crippen LogP contribution in [0.5, 0.6) is 0 Å². The molecule has 3 rings (SSSR count). The third-order valence-electron chi connectivity index (χ3n) is 3.21. The van der Waals surface area contributed by atoms with Crippen LogP contribution in [-0.2, 0) is 0 Å². The third-order valence-corrected chi connectivity index (χ3v) is 6.05. The Kier molecular flexibility index (Phi) is 4.03. The van der Waals surface area contributed by atoms with Crippen LogP contribution in [0.4, 0.5) is 0 Å². The fourth-order valence-corrected chi connectivity index (χ4v) is 4.83. The van der Waals surface area contributed by atoms with E-state index < -0.39 is 0 Å². The number of nitrogens with one attached hydrogen (secondary N) is 2. The molecule has 1 aliphatic rings. The zero-order chi connectivity index (χ0) is 13.1. The summed E-state index contributed by atoms with van der Waals surface area (Å²) in [6, 6.07) is 7.89. The maximum atomic E-state index is 12.2. The van der Waals surface area contributed by atoms with Gasteiger partial charge in [-0.2, -0.15) is 23.5 Å². The van der Waals surface area contributed by atoms with Gasteiger partial charge in [-0.25, -0.2) is 0 Å². The minimum atomic E-state index is 0.0219. The Bertz CT molecular complexity index is 576. The number of aromatic nitrogens is 1. The van der Waals surface area contributed by atoms with E-state index >= 15 is 0 Å². The number of H-pyrrole nitrogens is 1. The number of rotatable bonds is 3. The van der Waals surface area contributed by atoms with Gasteiger partial charge in [0, 0.05) is 46.2 Å². The van der Waals surface area contributed by atoms with Crippen molar-refractivity contribution < 1.29 is 4.79 Å². The number of hydrogen-bond donors (Lipinski definition) is 2. The summed E-state index contributed by atoms with van der Waals surface area (Å²) in [5, 5.41) is 4.59. The first-order valence-corrected chi connectivity index (χ1v) is 8.58. The van der Waals surface area contributed by atoms with Crippen LogP contribution in [0.1, 0.15) is 10.4 Å². The normalized spacial score (nSPS) is 19.5. The zero-order valence-corrected chi connectivity index (χ0v) is 12.2. The van der Waals surface area contributed by atoms with Crippen LogP contribution in [0, 0.1) is 0 Å². The maximum absolute atomic E-state index is 12.2. The van der Waals surface area contributed by atoms with Crippen LogP contribution < -0.4 is 5.32 Å². The van der Waals surface area contributed by atoms with Gasteiger partial charge >= 0.3 is 0 Å². The van der Waals surface area contributed by atoms with Gasteiger partial charge in [0.1, 0.15) is 0 Å². The van der Waals surface area contributed by atoms with Gasteiger partial charge in [0.15, 0.2) is 0 Å². The van der Waals surface area contributed by atoms with E-state index in [1.165, 1.54) is 11.5 Å². The number of aromatic amines is 1. The molecule has 19 heavy (non-hydrogen) atoms. The summed E-state index contributed by atoms with van der Waals surface area (Å²) >= 11 is 3.94. The second kappa shape index (κ2) is 5.92. The lowest BCUT2D eigenvalue weighted by Crippen LogP contribution is -2.33. The molecule has 1 aliphatic heterocycles. The molecule has 1 aromatic carbocycles. The average molecular weight is 292 g/mol. The highest BCUT2D eigenvalue weighted by Gasteiger charge is 2.17. The molecule has 0 saturated carbocycles. The first kappa shape index (κ1) is 12.9. The van der Waals surface area contributed by atoms with Crippen molar-refractivity contribution in [2.45, 2.75) is 5.25 Å². The van der Waals surface area contributed by atoms with Gasteiger partial charge in [-0.05, 0) is 6.07 Å². The van der Waals surface area contributed by atoms with E-state index in [0.717, 1.165) is 28.8 Å². The molecule has 5 heteroatoms. The van der Waals surface area contributed by atoms with E-state index in [0.29, 0.717) is 5.25 Å². The van der Waals surface area contributed by atoms with Crippen molar-refractivity contribution in [3.63, 3.8) is 0 Å². The van der Waals surface area contributed by atoms with Crippen molar-refractivity contribution in [2.75, 3.05) is 23.8 Å². The Labute approximate surface area is 120 Å². The first-order valence-electron chi connectivity index (χ1n) is 6.38. The third kappa shape index (κ3) is 2.92. The van der Waals surface area contributed by atoms with Crippen LogP contribution in [0.15, 0.2) is 30.5 Å². The number of benzene rings is 1. The van der Waals surface area contributed by atoms with Crippen LogP contribution in [0.2, 0.25) is 0 Å². The molecule has 2 N–H and O–H groups in total. The van der Waals surface area contributed by atoms with E-state index in [1.807, 2.05) is 47.8 Å². The van der Waals surface area contributed by atoms with Crippen molar-refractivity contribution in [2.24, 2.45) is 0 Å². The van der Waals surface area contributed by atoms with Gasteiger partial charge in [0.25, 0.3) is 5.91 Å². The van der Waals surface area contributed by atoms with Crippen molar-refractivity contribution in [1.82, 2.24) is 10.3 Å². The molecule has 1 atom stereocenters. The minimum Gasteiger partial charge on any atom is -0.360 e. The van der Waals surface area contributed by atoms with Gasteiger partial charge in [-0.15, -0.1) is 0 Å². The summed E-state index contributed by atoms with van der Waals surface area (Å²) in [7, 11) is 0. The quantitative estimate of drug-likeness (QED) is 0.914. The molecule has 1 unspecified atom stereocenters. The number of carbonyl (C=O) groups excluding carboxylic acids is 1. The highest BCUT2D eigenvalue weighted by molar-refractivity contribution is 8.06.